The number of benzene rings is 1. The van der Waals surface area contributed by atoms with Crippen molar-refractivity contribution in [2.24, 2.45) is 5.92 Å². The number of nitrogens with one attached hydrogen (secondary N) is 1. The molecule has 0 saturated heterocycles. The van der Waals surface area contributed by atoms with Gasteiger partial charge in [-0.2, -0.15) is 5.26 Å². The molecule has 0 aliphatic carbocycles. The molecule has 0 aliphatic rings. The zero-order chi connectivity index (χ0) is 14.5. The van der Waals surface area contributed by atoms with Gasteiger partial charge in [0.25, 0.3) is 0 Å². The molecule has 0 fully saturated rings. The van der Waals surface area contributed by atoms with Gasteiger partial charge in [-0.1, -0.05) is 26.0 Å². The Bertz CT molecular complexity index is 583. The van der Waals surface area contributed by atoms with Gasteiger partial charge in [0.1, 0.15) is 5.78 Å². The molecule has 0 aliphatic heterocycles. The third kappa shape index (κ3) is 4.47. The minimum Gasteiger partial charge on any atom is -0.298 e. The molecule has 0 aromatic heterocycles. The predicted molar refractivity (Wildman–Crippen MR) is 70.8 cm³/mol. The molecule has 0 atom stereocenters. The first kappa shape index (κ1) is 15.3. The van der Waals surface area contributed by atoms with Crippen LogP contribution in [0.2, 0.25) is 0 Å². The average Bonchev–Trinajstić information content (AvgIpc) is 2.37. The third-order valence-corrected chi connectivity index (χ3v) is 4.01. The van der Waals surface area contributed by atoms with Gasteiger partial charge in [0.15, 0.2) is 0 Å². The number of hydrogen-bond donors (Lipinski definition) is 1. The van der Waals surface area contributed by atoms with Gasteiger partial charge in [-0.05, 0) is 17.7 Å². The fourth-order valence-corrected chi connectivity index (χ4v) is 2.32. The Hall–Kier alpha value is -1.71. The Morgan fingerprint density at radius 3 is 2.37 bits per heavy atom. The summed E-state index contributed by atoms with van der Waals surface area (Å²) in [6.45, 7) is 3.22. The Kier molecular flexibility index (Phi) is 5.21. The lowest BCUT2D eigenvalue weighted by Gasteiger charge is -2.08. The summed E-state index contributed by atoms with van der Waals surface area (Å²) >= 11 is 0. The molecular formula is C13H16N2O3S. The molecule has 0 heterocycles. The molecule has 1 aromatic carbocycles. The Morgan fingerprint density at radius 1 is 1.32 bits per heavy atom. The highest BCUT2D eigenvalue weighted by Gasteiger charge is 2.16. The van der Waals surface area contributed by atoms with Crippen LogP contribution in [-0.2, 0) is 21.2 Å². The van der Waals surface area contributed by atoms with Crippen molar-refractivity contribution in [3.63, 3.8) is 0 Å². The summed E-state index contributed by atoms with van der Waals surface area (Å²) in [6, 6.07) is 8.01. The van der Waals surface area contributed by atoms with Crippen molar-refractivity contribution in [2.45, 2.75) is 25.2 Å². The molecule has 1 rings (SSSR count). The number of nitrogens with zero attached hydrogens (tertiary/aromatic N) is 1. The smallest absolute Gasteiger partial charge is 0.240 e. The summed E-state index contributed by atoms with van der Waals surface area (Å²) in [4.78, 5) is 11.5. The van der Waals surface area contributed by atoms with E-state index in [0.717, 1.165) is 5.56 Å². The largest absolute Gasteiger partial charge is 0.298 e. The normalized spacial score (nSPS) is 11.3. The minimum atomic E-state index is -3.67. The molecule has 0 bridgehead atoms. The molecule has 0 saturated carbocycles. The van der Waals surface area contributed by atoms with E-state index in [1.54, 1.807) is 26.0 Å². The molecule has 19 heavy (non-hydrogen) atoms. The number of sulfonamides is 1. The van der Waals surface area contributed by atoms with Gasteiger partial charge in [0.05, 0.1) is 23.9 Å². The minimum absolute atomic E-state index is 0.0887. The number of carbonyl (C=O) groups excluding carboxylic acids is 1. The topological polar surface area (TPSA) is 87.0 Å². The maximum atomic E-state index is 11.9. The van der Waals surface area contributed by atoms with Gasteiger partial charge < -0.3 is 0 Å². The summed E-state index contributed by atoms with van der Waals surface area (Å²) in [6.07, 6.45) is 0.236. The summed E-state index contributed by atoms with van der Waals surface area (Å²) in [5.74, 6) is -0.370. The number of carbonyl (C=O) groups is 1. The van der Waals surface area contributed by atoms with Gasteiger partial charge in [0, 0.05) is 5.92 Å². The monoisotopic (exact) mass is 280 g/mol. The first-order valence-electron chi connectivity index (χ1n) is 5.85. The van der Waals surface area contributed by atoms with Crippen molar-refractivity contribution in [1.29, 1.82) is 5.26 Å². The van der Waals surface area contributed by atoms with Crippen LogP contribution in [0.4, 0.5) is 0 Å². The van der Waals surface area contributed by atoms with Gasteiger partial charge in [-0.15, -0.1) is 0 Å². The third-order valence-electron chi connectivity index (χ3n) is 2.60. The molecular weight excluding hydrogens is 264 g/mol. The van der Waals surface area contributed by atoms with Gasteiger partial charge in [-0.25, -0.2) is 13.1 Å². The maximum Gasteiger partial charge on any atom is 0.240 e. The van der Waals surface area contributed by atoms with Crippen molar-refractivity contribution in [2.75, 3.05) is 6.54 Å². The second-order valence-electron chi connectivity index (χ2n) is 4.42. The number of ketones is 1. The van der Waals surface area contributed by atoms with E-state index in [0.29, 0.717) is 0 Å². The van der Waals surface area contributed by atoms with Crippen LogP contribution in [0.3, 0.4) is 0 Å². The van der Waals surface area contributed by atoms with Gasteiger partial charge in [0.2, 0.25) is 10.0 Å². The van der Waals surface area contributed by atoms with Crippen molar-refractivity contribution < 1.29 is 13.2 Å². The van der Waals surface area contributed by atoms with Crippen molar-refractivity contribution in [1.82, 2.24) is 4.72 Å². The molecule has 0 radical (unpaired) electrons. The SMILES string of the molecule is CC(C)C(=O)CNS(=O)(=O)c1ccc(CC#N)cc1. The molecule has 0 amide bonds. The van der Waals surface area contributed by atoms with Crippen LogP contribution in [0, 0.1) is 17.2 Å². The van der Waals surface area contributed by atoms with E-state index in [-0.39, 0.29) is 29.6 Å². The standard InChI is InChI=1S/C13H16N2O3S/c1-10(2)13(16)9-15-19(17,18)12-5-3-11(4-6-12)7-8-14/h3-6,10,15H,7,9H2,1-2H3. The van der Waals surface area contributed by atoms with Crippen LogP contribution in [0.15, 0.2) is 29.2 Å². The quantitative estimate of drug-likeness (QED) is 0.849. The summed E-state index contributed by atoms with van der Waals surface area (Å²) in [7, 11) is -3.67. The number of rotatable bonds is 6. The van der Waals surface area contributed by atoms with E-state index >= 15 is 0 Å². The highest BCUT2D eigenvalue weighted by atomic mass is 32.2. The Morgan fingerprint density at radius 2 is 1.89 bits per heavy atom. The van der Waals surface area contributed by atoms with Crippen LogP contribution in [-0.4, -0.2) is 20.7 Å². The van der Waals surface area contributed by atoms with Crippen LogP contribution < -0.4 is 4.72 Å². The highest BCUT2D eigenvalue weighted by molar-refractivity contribution is 7.89. The second-order valence-corrected chi connectivity index (χ2v) is 6.19. The van der Waals surface area contributed by atoms with E-state index in [4.69, 9.17) is 5.26 Å². The molecule has 0 spiro atoms. The molecule has 1 aromatic rings. The fraction of sp³-hybridized carbons (Fsp3) is 0.385. The summed E-state index contributed by atoms with van der Waals surface area (Å²) in [5.41, 5.74) is 0.750. The molecule has 0 unspecified atom stereocenters. The van der Waals surface area contributed by atoms with Crippen molar-refractivity contribution in [3.05, 3.63) is 29.8 Å². The lowest BCUT2D eigenvalue weighted by Crippen LogP contribution is -2.31. The average molecular weight is 280 g/mol. The van der Waals surface area contributed by atoms with E-state index < -0.39 is 10.0 Å². The fourth-order valence-electron chi connectivity index (χ4n) is 1.33. The van der Waals surface area contributed by atoms with E-state index in [1.165, 1.54) is 12.1 Å². The van der Waals surface area contributed by atoms with Crippen LogP contribution in [0.1, 0.15) is 19.4 Å². The Labute approximate surface area is 113 Å². The zero-order valence-corrected chi connectivity index (χ0v) is 11.7. The van der Waals surface area contributed by atoms with Crippen LogP contribution >= 0.6 is 0 Å². The summed E-state index contributed by atoms with van der Waals surface area (Å²) in [5, 5.41) is 8.53. The Balaban J connectivity index is 2.78. The first-order chi connectivity index (χ1) is 8.86. The summed E-state index contributed by atoms with van der Waals surface area (Å²) < 4.78 is 26.1. The molecule has 102 valence electrons. The lowest BCUT2D eigenvalue weighted by molar-refractivity contribution is -0.120. The van der Waals surface area contributed by atoms with E-state index in [2.05, 4.69) is 4.72 Å². The first-order valence-corrected chi connectivity index (χ1v) is 7.33. The molecule has 5 nitrogen and oxygen atoms in total. The number of hydrogen-bond acceptors (Lipinski definition) is 4. The van der Waals surface area contributed by atoms with Crippen LogP contribution in [0.25, 0.3) is 0 Å². The highest BCUT2D eigenvalue weighted by Crippen LogP contribution is 2.10. The molecule has 6 heteroatoms. The van der Waals surface area contributed by atoms with Crippen molar-refractivity contribution >= 4 is 15.8 Å². The zero-order valence-electron chi connectivity index (χ0n) is 10.9. The van der Waals surface area contributed by atoms with Crippen LogP contribution in [0.5, 0.6) is 0 Å². The van der Waals surface area contributed by atoms with Gasteiger partial charge in [-0.3, -0.25) is 4.79 Å². The van der Waals surface area contributed by atoms with Crippen molar-refractivity contribution in [3.8, 4) is 6.07 Å². The van der Waals surface area contributed by atoms with E-state index in [9.17, 15) is 13.2 Å². The second kappa shape index (κ2) is 6.45. The van der Waals surface area contributed by atoms with Gasteiger partial charge >= 0.3 is 0 Å². The van der Waals surface area contributed by atoms with E-state index in [1.807, 2.05) is 6.07 Å². The predicted octanol–water partition coefficient (Wildman–Crippen LogP) is 1.26. The lowest BCUT2D eigenvalue weighted by atomic mass is 10.1. The number of Topliss-reactive ketones (excluding diaryl/α,β-unsaturated/α-hetero) is 1. The number of nitriles is 1. The maximum absolute atomic E-state index is 11.9. The molecule has 1 N–H and O–H groups in total.